The van der Waals surface area contributed by atoms with Gasteiger partial charge in [0.25, 0.3) is 0 Å². The second-order valence-corrected chi connectivity index (χ2v) is 8.40. The summed E-state index contributed by atoms with van der Waals surface area (Å²) in [7, 11) is 1.63. The number of rotatable bonds is 8. The molecular weight excluding hydrogens is 406 g/mol. The van der Waals surface area contributed by atoms with Crippen LogP contribution in [0.3, 0.4) is 0 Å². The lowest BCUT2D eigenvalue weighted by Gasteiger charge is -2.09. The summed E-state index contributed by atoms with van der Waals surface area (Å²) in [5.74, 6) is 1.70. The molecule has 0 radical (unpaired) electrons. The van der Waals surface area contributed by atoms with Crippen LogP contribution in [0, 0.1) is 11.3 Å². The molecule has 0 aliphatic carbocycles. The number of carbonyl (C=O) groups is 1. The number of hydrogen-bond acceptors (Lipinski definition) is 5. The quantitative estimate of drug-likeness (QED) is 0.451. The number of amides is 1. The molecule has 0 saturated carbocycles. The largest absolute Gasteiger partial charge is 0.497 e. The van der Waals surface area contributed by atoms with Gasteiger partial charge in [-0.1, -0.05) is 26.0 Å². The van der Waals surface area contributed by atoms with Gasteiger partial charge >= 0.3 is 0 Å². The number of pyridine rings is 1. The molecule has 0 aliphatic heterocycles. The van der Waals surface area contributed by atoms with E-state index < -0.39 is 0 Å². The van der Waals surface area contributed by atoms with Gasteiger partial charge in [-0.3, -0.25) is 4.79 Å². The maximum atomic E-state index is 12.3. The Kier molecular flexibility index (Phi) is 7.69. The Balaban J connectivity index is 1.61. The van der Waals surface area contributed by atoms with E-state index >= 15 is 0 Å². The Labute approximate surface area is 187 Å². The Morgan fingerprint density at radius 3 is 2.42 bits per heavy atom. The summed E-state index contributed by atoms with van der Waals surface area (Å²) in [5.41, 5.74) is 4.25. The Bertz CT molecular complexity index is 1070. The fraction of sp³-hybridized carbons (Fsp3) is 0.240. The molecule has 0 aliphatic rings. The Morgan fingerprint density at radius 2 is 1.81 bits per heavy atom. The first-order valence-electron chi connectivity index (χ1n) is 10.1. The molecule has 3 aromatic rings. The van der Waals surface area contributed by atoms with E-state index in [-0.39, 0.29) is 5.91 Å². The minimum absolute atomic E-state index is 0.0605. The number of nitriles is 1. The van der Waals surface area contributed by atoms with Crippen LogP contribution in [0.15, 0.2) is 65.7 Å². The van der Waals surface area contributed by atoms with Gasteiger partial charge in [0.2, 0.25) is 5.91 Å². The number of nitrogens with one attached hydrogen (secondary N) is 1. The average molecular weight is 432 g/mol. The van der Waals surface area contributed by atoms with E-state index in [1.54, 1.807) is 13.2 Å². The number of methoxy groups -OCH3 is 1. The first-order valence-corrected chi connectivity index (χ1v) is 11.1. The van der Waals surface area contributed by atoms with Gasteiger partial charge in [-0.2, -0.15) is 5.26 Å². The number of benzene rings is 2. The first kappa shape index (κ1) is 22.4. The van der Waals surface area contributed by atoms with Crippen molar-refractivity contribution in [1.82, 2.24) is 4.98 Å². The third-order valence-electron chi connectivity index (χ3n) is 4.80. The van der Waals surface area contributed by atoms with Crippen LogP contribution in [0.2, 0.25) is 0 Å². The van der Waals surface area contributed by atoms with Gasteiger partial charge in [-0.25, -0.2) is 4.98 Å². The highest BCUT2D eigenvalue weighted by Crippen LogP contribution is 2.27. The van der Waals surface area contributed by atoms with Crippen molar-refractivity contribution in [3.63, 3.8) is 0 Å². The highest BCUT2D eigenvalue weighted by atomic mass is 32.2. The molecule has 1 amide bonds. The van der Waals surface area contributed by atoms with Crippen molar-refractivity contribution >= 4 is 23.4 Å². The predicted molar refractivity (Wildman–Crippen MR) is 125 cm³/mol. The van der Waals surface area contributed by atoms with Crippen LogP contribution in [0.25, 0.3) is 11.3 Å². The second-order valence-electron chi connectivity index (χ2n) is 7.31. The molecule has 0 fully saturated rings. The summed E-state index contributed by atoms with van der Waals surface area (Å²) in [4.78, 5) is 16.9. The van der Waals surface area contributed by atoms with Gasteiger partial charge in [0.1, 0.15) is 16.8 Å². The van der Waals surface area contributed by atoms with Crippen molar-refractivity contribution in [1.29, 1.82) is 5.26 Å². The number of carbonyl (C=O) groups excluding carboxylic acids is 1. The highest BCUT2D eigenvalue weighted by Gasteiger charge is 2.10. The number of hydrogen-bond donors (Lipinski definition) is 1. The summed E-state index contributed by atoms with van der Waals surface area (Å²) in [6, 6.07) is 21.3. The summed E-state index contributed by atoms with van der Waals surface area (Å²) in [5, 5.41) is 13.0. The molecule has 5 nitrogen and oxygen atoms in total. The minimum Gasteiger partial charge on any atom is -0.497 e. The lowest BCUT2D eigenvalue weighted by atomic mass is 10.0. The van der Waals surface area contributed by atoms with E-state index in [1.165, 1.54) is 17.3 Å². The zero-order valence-electron chi connectivity index (χ0n) is 17.9. The van der Waals surface area contributed by atoms with E-state index in [2.05, 4.69) is 30.2 Å². The molecule has 1 aromatic heterocycles. The van der Waals surface area contributed by atoms with Crippen LogP contribution >= 0.6 is 11.8 Å². The third kappa shape index (κ3) is 6.09. The maximum absolute atomic E-state index is 12.3. The van der Waals surface area contributed by atoms with Crippen LogP contribution in [-0.4, -0.2) is 23.8 Å². The lowest BCUT2D eigenvalue weighted by molar-refractivity contribution is -0.115. The van der Waals surface area contributed by atoms with Crippen molar-refractivity contribution < 1.29 is 9.53 Å². The Hall–Kier alpha value is -3.30. The molecule has 31 heavy (non-hydrogen) atoms. The standard InChI is InChI=1S/C25H25N3O2S/c1-17(2)18-4-9-21(10-5-18)27-24(29)14-15-31-25-20(16-26)8-13-23(28-25)19-6-11-22(30-3)12-7-19/h4-13,17H,14-15H2,1-3H3,(H,27,29). The van der Waals surface area contributed by atoms with Crippen molar-refractivity contribution in [3.05, 3.63) is 71.8 Å². The van der Waals surface area contributed by atoms with Crippen molar-refractivity contribution in [2.75, 3.05) is 18.2 Å². The summed E-state index contributed by atoms with van der Waals surface area (Å²) in [6.07, 6.45) is 0.329. The van der Waals surface area contributed by atoms with Gasteiger partial charge in [0.15, 0.2) is 0 Å². The SMILES string of the molecule is COc1ccc(-c2ccc(C#N)c(SCCC(=O)Nc3ccc(C(C)C)cc3)n2)cc1. The maximum Gasteiger partial charge on any atom is 0.225 e. The molecule has 158 valence electrons. The summed E-state index contributed by atoms with van der Waals surface area (Å²) >= 11 is 1.41. The number of thioether (sulfide) groups is 1. The topological polar surface area (TPSA) is 75.0 Å². The summed E-state index contributed by atoms with van der Waals surface area (Å²) in [6.45, 7) is 4.27. The van der Waals surface area contributed by atoms with Crippen molar-refractivity contribution in [3.8, 4) is 23.1 Å². The predicted octanol–water partition coefficient (Wildman–Crippen LogP) is 5.87. The minimum atomic E-state index is -0.0605. The molecule has 6 heteroatoms. The fourth-order valence-corrected chi connectivity index (χ4v) is 3.89. The normalized spacial score (nSPS) is 10.5. The molecule has 3 rings (SSSR count). The lowest BCUT2D eigenvalue weighted by Crippen LogP contribution is -2.12. The summed E-state index contributed by atoms with van der Waals surface area (Å²) < 4.78 is 5.19. The molecule has 0 unspecified atom stereocenters. The monoisotopic (exact) mass is 431 g/mol. The molecule has 0 saturated heterocycles. The fourth-order valence-electron chi connectivity index (χ4n) is 2.97. The van der Waals surface area contributed by atoms with Gasteiger partial charge in [-0.15, -0.1) is 11.8 Å². The molecule has 1 N–H and O–H groups in total. The zero-order valence-corrected chi connectivity index (χ0v) is 18.7. The smallest absolute Gasteiger partial charge is 0.225 e. The third-order valence-corrected chi connectivity index (χ3v) is 5.79. The van der Waals surface area contributed by atoms with E-state index in [9.17, 15) is 10.1 Å². The van der Waals surface area contributed by atoms with Crippen LogP contribution in [0.4, 0.5) is 5.69 Å². The molecule has 2 aromatic carbocycles. The molecular formula is C25H25N3O2S. The van der Waals surface area contributed by atoms with Crippen molar-refractivity contribution in [2.45, 2.75) is 31.2 Å². The number of anilines is 1. The average Bonchev–Trinajstić information content (AvgIpc) is 2.79. The van der Waals surface area contributed by atoms with Gasteiger partial charge < -0.3 is 10.1 Å². The van der Waals surface area contributed by atoms with Crippen LogP contribution < -0.4 is 10.1 Å². The Morgan fingerprint density at radius 1 is 1.10 bits per heavy atom. The number of aromatic nitrogens is 1. The van der Waals surface area contributed by atoms with E-state index in [0.717, 1.165) is 22.7 Å². The van der Waals surface area contributed by atoms with Crippen molar-refractivity contribution in [2.24, 2.45) is 0 Å². The van der Waals surface area contributed by atoms with Crippen LogP contribution in [0.1, 0.15) is 37.3 Å². The highest BCUT2D eigenvalue weighted by molar-refractivity contribution is 7.99. The van der Waals surface area contributed by atoms with Crippen LogP contribution in [-0.2, 0) is 4.79 Å². The van der Waals surface area contributed by atoms with E-state index in [1.807, 2.05) is 54.6 Å². The molecule has 1 heterocycles. The number of nitrogens with zero attached hydrogens (tertiary/aromatic N) is 2. The van der Waals surface area contributed by atoms with Gasteiger partial charge in [0, 0.05) is 23.4 Å². The van der Waals surface area contributed by atoms with E-state index in [0.29, 0.717) is 28.7 Å². The first-order chi connectivity index (χ1) is 15.0. The molecule has 0 spiro atoms. The second kappa shape index (κ2) is 10.6. The van der Waals surface area contributed by atoms with Gasteiger partial charge in [0.05, 0.1) is 18.4 Å². The van der Waals surface area contributed by atoms with Crippen LogP contribution in [0.5, 0.6) is 5.75 Å². The number of ether oxygens (including phenoxy) is 1. The molecule has 0 bridgehead atoms. The van der Waals surface area contributed by atoms with E-state index in [4.69, 9.17) is 4.74 Å². The molecule has 0 atom stereocenters. The van der Waals surface area contributed by atoms with Gasteiger partial charge in [-0.05, 0) is 60.0 Å². The zero-order chi connectivity index (χ0) is 22.2.